The van der Waals surface area contributed by atoms with Crippen molar-refractivity contribution in [3.63, 3.8) is 0 Å². The summed E-state index contributed by atoms with van der Waals surface area (Å²) in [5, 5.41) is 3.49. The third-order valence-corrected chi connectivity index (χ3v) is 4.27. The molecule has 3 nitrogen and oxygen atoms in total. The van der Waals surface area contributed by atoms with E-state index in [1.54, 1.807) is 0 Å². The molecule has 0 spiro atoms. The van der Waals surface area contributed by atoms with Gasteiger partial charge in [0.05, 0.1) is 0 Å². The number of rotatable bonds is 3. The molecule has 1 atom stereocenters. The van der Waals surface area contributed by atoms with E-state index in [1.165, 1.54) is 11.1 Å². The second kappa shape index (κ2) is 7.90. The SMILES string of the molecule is Brc1ccc(CN2CCNCC2c2ccncc2)cc1.Cl. The Morgan fingerprint density at radius 3 is 2.57 bits per heavy atom. The average molecular weight is 369 g/mol. The van der Waals surface area contributed by atoms with Crippen molar-refractivity contribution in [2.24, 2.45) is 0 Å². The molecular formula is C16H19BrClN3. The van der Waals surface area contributed by atoms with Crippen molar-refractivity contribution < 1.29 is 0 Å². The Labute approximate surface area is 140 Å². The molecule has 1 unspecified atom stereocenters. The van der Waals surface area contributed by atoms with Gasteiger partial charge < -0.3 is 5.32 Å². The minimum atomic E-state index is 0. The minimum Gasteiger partial charge on any atom is -0.314 e. The Morgan fingerprint density at radius 1 is 1.14 bits per heavy atom. The predicted octanol–water partition coefficient (Wildman–Crippen LogP) is 3.41. The summed E-state index contributed by atoms with van der Waals surface area (Å²) in [6, 6.07) is 13.3. The van der Waals surface area contributed by atoms with Crippen LogP contribution in [0, 0.1) is 0 Å². The van der Waals surface area contributed by atoms with Crippen LogP contribution in [0.2, 0.25) is 0 Å². The normalized spacial score (nSPS) is 19.0. The van der Waals surface area contributed by atoms with E-state index in [2.05, 4.69) is 67.5 Å². The van der Waals surface area contributed by atoms with Gasteiger partial charge in [-0.1, -0.05) is 28.1 Å². The molecule has 21 heavy (non-hydrogen) atoms. The smallest absolute Gasteiger partial charge is 0.0477 e. The molecule has 5 heteroatoms. The topological polar surface area (TPSA) is 28.2 Å². The molecule has 0 aliphatic carbocycles. The summed E-state index contributed by atoms with van der Waals surface area (Å²) in [6.45, 7) is 4.11. The maximum absolute atomic E-state index is 4.11. The molecule has 1 aromatic carbocycles. The number of hydrogen-bond donors (Lipinski definition) is 1. The lowest BCUT2D eigenvalue weighted by Crippen LogP contribution is -2.45. The van der Waals surface area contributed by atoms with Crippen LogP contribution in [0.1, 0.15) is 17.2 Å². The van der Waals surface area contributed by atoms with E-state index in [4.69, 9.17) is 0 Å². The van der Waals surface area contributed by atoms with Gasteiger partial charge in [0.25, 0.3) is 0 Å². The number of pyridine rings is 1. The first-order valence-corrected chi connectivity index (χ1v) is 7.71. The lowest BCUT2D eigenvalue weighted by molar-refractivity contribution is 0.153. The Balaban J connectivity index is 0.00000161. The van der Waals surface area contributed by atoms with Gasteiger partial charge in [-0.3, -0.25) is 9.88 Å². The van der Waals surface area contributed by atoms with Crippen LogP contribution in [0.15, 0.2) is 53.3 Å². The molecule has 1 saturated heterocycles. The third-order valence-electron chi connectivity index (χ3n) is 3.74. The van der Waals surface area contributed by atoms with Gasteiger partial charge >= 0.3 is 0 Å². The van der Waals surface area contributed by atoms with Gasteiger partial charge in [0, 0.05) is 49.1 Å². The molecule has 1 fully saturated rings. The van der Waals surface area contributed by atoms with Crippen LogP contribution in [0.3, 0.4) is 0 Å². The van der Waals surface area contributed by atoms with E-state index in [-0.39, 0.29) is 12.4 Å². The molecule has 112 valence electrons. The summed E-state index contributed by atoms with van der Waals surface area (Å²) in [5.41, 5.74) is 2.69. The molecule has 2 aromatic rings. The fourth-order valence-corrected chi connectivity index (χ4v) is 2.94. The van der Waals surface area contributed by atoms with Gasteiger partial charge in [0.15, 0.2) is 0 Å². The van der Waals surface area contributed by atoms with E-state index < -0.39 is 0 Å². The molecule has 1 aliphatic heterocycles. The van der Waals surface area contributed by atoms with Crippen LogP contribution in [-0.2, 0) is 6.54 Å². The molecule has 0 saturated carbocycles. The highest BCUT2D eigenvalue weighted by Crippen LogP contribution is 2.24. The summed E-state index contributed by atoms with van der Waals surface area (Å²) in [5.74, 6) is 0. The minimum absolute atomic E-state index is 0. The predicted molar refractivity (Wildman–Crippen MR) is 91.6 cm³/mol. The quantitative estimate of drug-likeness (QED) is 0.900. The van der Waals surface area contributed by atoms with Gasteiger partial charge in [-0.15, -0.1) is 12.4 Å². The molecule has 1 aliphatic rings. The van der Waals surface area contributed by atoms with Gasteiger partial charge in [0.2, 0.25) is 0 Å². The number of hydrogen-bond acceptors (Lipinski definition) is 3. The zero-order chi connectivity index (χ0) is 13.8. The Morgan fingerprint density at radius 2 is 1.86 bits per heavy atom. The first-order chi connectivity index (χ1) is 9.83. The van der Waals surface area contributed by atoms with Crippen LogP contribution in [0.4, 0.5) is 0 Å². The lowest BCUT2D eigenvalue weighted by atomic mass is 10.0. The third kappa shape index (κ3) is 4.27. The second-order valence-electron chi connectivity index (χ2n) is 5.10. The molecule has 1 aromatic heterocycles. The highest BCUT2D eigenvalue weighted by Gasteiger charge is 2.23. The Kier molecular flexibility index (Phi) is 6.18. The van der Waals surface area contributed by atoms with Crippen molar-refractivity contribution in [1.82, 2.24) is 15.2 Å². The average Bonchev–Trinajstić information content (AvgIpc) is 2.51. The van der Waals surface area contributed by atoms with E-state index in [0.717, 1.165) is 30.7 Å². The first kappa shape index (κ1) is 16.4. The fraction of sp³-hybridized carbons (Fsp3) is 0.312. The summed E-state index contributed by atoms with van der Waals surface area (Å²) in [4.78, 5) is 6.65. The van der Waals surface area contributed by atoms with Crippen LogP contribution in [-0.4, -0.2) is 29.5 Å². The molecule has 1 N–H and O–H groups in total. The van der Waals surface area contributed by atoms with E-state index in [0.29, 0.717) is 6.04 Å². The van der Waals surface area contributed by atoms with Crippen LogP contribution in [0.25, 0.3) is 0 Å². The summed E-state index contributed by atoms with van der Waals surface area (Å²) in [7, 11) is 0. The Hall–Kier alpha value is -0.940. The van der Waals surface area contributed by atoms with Gasteiger partial charge in [-0.2, -0.15) is 0 Å². The number of piperazine rings is 1. The maximum Gasteiger partial charge on any atom is 0.0477 e. The van der Waals surface area contributed by atoms with E-state index in [9.17, 15) is 0 Å². The van der Waals surface area contributed by atoms with Gasteiger partial charge in [0.1, 0.15) is 0 Å². The second-order valence-corrected chi connectivity index (χ2v) is 6.01. The zero-order valence-electron chi connectivity index (χ0n) is 11.7. The molecular weight excluding hydrogens is 350 g/mol. The number of halogens is 2. The fourth-order valence-electron chi connectivity index (χ4n) is 2.67. The van der Waals surface area contributed by atoms with Crippen molar-refractivity contribution in [2.75, 3.05) is 19.6 Å². The molecule has 2 heterocycles. The Bertz CT molecular complexity index is 547. The van der Waals surface area contributed by atoms with Gasteiger partial charge in [-0.25, -0.2) is 0 Å². The van der Waals surface area contributed by atoms with Crippen molar-refractivity contribution in [2.45, 2.75) is 12.6 Å². The molecule has 3 rings (SSSR count). The summed E-state index contributed by atoms with van der Waals surface area (Å²) >= 11 is 3.49. The highest BCUT2D eigenvalue weighted by atomic mass is 79.9. The highest BCUT2D eigenvalue weighted by molar-refractivity contribution is 9.10. The first-order valence-electron chi connectivity index (χ1n) is 6.92. The number of aromatic nitrogens is 1. The summed E-state index contributed by atoms with van der Waals surface area (Å²) in [6.07, 6.45) is 3.75. The lowest BCUT2D eigenvalue weighted by Gasteiger charge is -2.36. The largest absolute Gasteiger partial charge is 0.314 e. The van der Waals surface area contributed by atoms with Crippen molar-refractivity contribution >= 4 is 28.3 Å². The number of nitrogens with one attached hydrogen (secondary N) is 1. The van der Waals surface area contributed by atoms with Crippen LogP contribution < -0.4 is 5.32 Å². The van der Waals surface area contributed by atoms with Crippen LogP contribution in [0.5, 0.6) is 0 Å². The molecule has 0 amide bonds. The number of nitrogens with zero attached hydrogens (tertiary/aromatic N) is 2. The molecule has 0 bridgehead atoms. The summed E-state index contributed by atoms with van der Waals surface area (Å²) < 4.78 is 1.13. The van der Waals surface area contributed by atoms with Crippen molar-refractivity contribution in [3.05, 3.63) is 64.4 Å². The zero-order valence-corrected chi connectivity index (χ0v) is 14.1. The standard InChI is InChI=1S/C16H18BrN3.ClH/c17-15-3-1-13(2-4-15)12-20-10-9-19-11-16(20)14-5-7-18-8-6-14;/h1-8,16,19H,9-12H2;1H. The van der Waals surface area contributed by atoms with E-state index in [1.807, 2.05) is 12.4 Å². The maximum atomic E-state index is 4.11. The van der Waals surface area contributed by atoms with Gasteiger partial charge in [-0.05, 0) is 35.4 Å². The van der Waals surface area contributed by atoms with Crippen molar-refractivity contribution in [1.29, 1.82) is 0 Å². The van der Waals surface area contributed by atoms with E-state index >= 15 is 0 Å². The molecule has 0 radical (unpaired) electrons. The van der Waals surface area contributed by atoms with Crippen LogP contribution >= 0.6 is 28.3 Å². The van der Waals surface area contributed by atoms with Crippen molar-refractivity contribution in [3.8, 4) is 0 Å². The monoisotopic (exact) mass is 367 g/mol. The number of benzene rings is 1.